The van der Waals surface area contributed by atoms with E-state index in [9.17, 15) is 0 Å². The molecule has 0 N–H and O–H groups in total. The van der Waals surface area contributed by atoms with E-state index < -0.39 is 8.07 Å². The van der Waals surface area contributed by atoms with Gasteiger partial charge in [-0.3, -0.25) is 9.13 Å². The lowest BCUT2D eigenvalue weighted by Crippen LogP contribution is -2.75. The Kier molecular flexibility index (Phi) is 6.79. The van der Waals surface area contributed by atoms with Crippen molar-refractivity contribution < 1.29 is 0 Å². The summed E-state index contributed by atoms with van der Waals surface area (Å²) in [6.07, 6.45) is 1.87. The van der Waals surface area contributed by atoms with Crippen LogP contribution in [0, 0.1) is 0 Å². The van der Waals surface area contributed by atoms with Gasteiger partial charge in [-0.15, -0.1) is 0 Å². The molecule has 240 valence electrons. The maximum absolute atomic E-state index is 5.73. The Labute approximate surface area is 296 Å². The largest absolute Gasteiger partial charge is 0.294 e. The normalized spacial score (nSPS) is 11.9. The minimum absolute atomic E-state index is 0.902. The summed E-state index contributed by atoms with van der Waals surface area (Å²) in [5.41, 5.74) is 4.57. The second-order valence-corrected chi connectivity index (χ2v) is 16.7. The van der Waals surface area contributed by atoms with Gasteiger partial charge < -0.3 is 0 Å². The van der Waals surface area contributed by atoms with Crippen molar-refractivity contribution in [3.05, 3.63) is 194 Å². The van der Waals surface area contributed by atoms with Crippen LogP contribution >= 0.6 is 0 Å². The molecular formula is C46H32N4Si. The highest BCUT2D eigenvalue weighted by Crippen LogP contribution is 2.33. The number of rotatable bonds is 6. The zero-order valence-corrected chi connectivity index (χ0v) is 28.8. The first-order valence-electron chi connectivity index (χ1n) is 17.3. The van der Waals surface area contributed by atoms with Crippen molar-refractivity contribution in [1.82, 2.24) is 19.1 Å². The smallest absolute Gasteiger partial charge is 0.202 e. The fraction of sp³-hybridized carbons (Fsp3) is 0. The number of fused-ring (bicyclic) bond motifs is 6. The van der Waals surface area contributed by atoms with Gasteiger partial charge in [0.2, 0.25) is 8.07 Å². The lowest BCUT2D eigenvalue weighted by molar-refractivity contribution is 1.08. The lowest BCUT2D eigenvalue weighted by Gasteiger charge is -2.33. The molecule has 0 unspecified atom stereocenters. The van der Waals surface area contributed by atoms with Crippen LogP contribution in [0.25, 0.3) is 55.2 Å². The lowest BCUT2D eigenvalue weighted by atomic mass is 10.1. The highest BCUT2D eigenvalue weighted by atomic mass is 28.3. The maximum atomic E-state index is 5.73. The minimum atomic E-state index is -3.03. The first kappa shape index (κ1) is 29.4. The van der Waals surface area contributed by atoms with Gasteiger partial charge in [0.25, 0.3) is 0 Å². The predicted octanol–water partition coefficient (Wildman–Crippen LogP) is 8.05. The molecule has 0 atom stereocenters. The van der Waals surface area contributed by atoms with E-state index in [4.69, 9.17) is 9.97 Å². The van der Waals surface area contributed by atoms with Crippen LogP contribution < -0.4 is 20.9 Å². The summed E-state index contributed by atoms with van der Waals surface area (Å²) in [4.78, 5) is 10.6. The molecule has 0 amide bonds. The zero-order valence-electron chi connectivity index (χ0n) is 27.8. The molecular weight excluding hydrogens is 637 g/mol. The van der Waals surface area contributed by atoms with Crippen LogP contribution in [0.2, 0.25) is 0 Å². The first-order valence-corrected chi connectivity index (χ1v) is 19.3. The van der Waals surface area contributed by atoms with Crippen LogP contribution in [0.5, 0.6) is 0 Å². The number of nitrogens with zero attached hydrogens (tertiary/aromatic N) is 4. The van der Waals surface area contributed by atoms with Crippen molar-refractivity contribution in [3.63, 3.8) is 0 Å². The Morgan fingerprint density at radius 1 is 0.353 bits per heavy atom. The Morgan fingerprint density at radius 2 is 0.843 bits per heavy atom. The van der Waals surface area contributed by atoms with Crippen molar-refractivity contribution in [1.29, 1.82) is 0 Å². The standard InChI is InChI=1S/C46H32N4Si/c1-3-16-33(17-4-1)51(34-18-5-2-6-19-34,35-29-30-39-38-22-9-12-25-42(38)50(43(39)32-35)44-26-13-14-31-47-44)46-28-15-27-45(48-46)49-40-23-10-7-20-36(40)37-21-8-11-24-41(37)49/h1-32H. The third-order valence-electron chi connectivity index (χ3n) is 10.3. The van der Waals surface area contributed by atoms with Gasteiger partial charge in [-0.1, -0.05) is 140 Å². The fourth-order valence-electron chi connectivity index (χ4n) is 8.18. The number of benzene rings is 6. The van der Waals surface area contributed by atoms with Crippen LogP contribution in [0.15, 0.2) is 194 Å². The van der Waals surface area contributed by atoms with Gasteiger partial charge in [-0.2, -0.15) is 0 Å². The molecule has 10 aromatic rings. The van der Waals surface area contributed by atoms with Crippen molar-refractivity contribution in [2.75, 3.05) is 0 Å². The minimum Gasteiger partial charge on any atom is -0.294 e. The third kappa shape index (κ3) is 4.45. The van der Waals surface area contributed by atoms with Gasteiger partial charge in [0.15, 0.2) is 0 Å². The molecule has 0 bridgehead atoms. The van der Waals surface area contributed by atoms with Gasteiger partial charge in [0, 0.05) is 33.1 Å². The maximum Gasteiger partial charge on any atom is 0.202 e. The summed E-state index contributed by atoms with van der Waals surface area (Å²) >= 11 is 0. The van der Waals surface area contributed by atoms with Crippen molar-refractivity contribution >= 4 is 72.6 Å². The van der Waals surface area contributed by atoms with Gasteiger partial charge >= 0.3 is 0 Å². The second kappa shape index (κ2) is 11.8. The van der Waals surface area contributed by atoms with E-state index in [0.717, 1.165) is 39.0 Å². The molecule has 5 heteroatoms. The summed E-state index contributed by atoms with van der Waals surface area (Å²) < 4.78 is 4.64. The van der Waals surface area contributed by atoms with Crippen LogP contribution in [-0.4, -0.2) is 27.2 Å². The predicted molar refractivity (Wildman–Crippen MR) is 214 cm³/mol. The van der Waals surface area contributed by atoms with Crippen molar-refractivity contribution in [3.8, 4) is 11.6 Å². The molecule has 0 aliphatic carbocycles. The van der Waals surface area contributed by atoms with E-state index in [2.05, 4.69) is 191 Å². The highest BCUT2D eigenvalue weighted by Gasteiger charge is 2.43. The zero-order chi connectivity index (χ0) is 33.8. The van der Waals surface area contributed by atoms with E-state index in [-0.39, 0.29) is 0 Å². The van der Waals surface area contributed by atoms with Gasteiger partial charge in [-0.05, 0) is 64.1 Å². The Bertz CT molecular complexity index is 2770. The molecule has 4 nitrogen and oxygen atoms in total. The molecule has 51 heavy (non-hydrogen) atoms. The van der Waals surface area contributed by atoms with E-state index in [1.54, 1.807) is 0 Å². The van der Waals surface area contributed by atoms with Crippen LogP contribution in [-0.2, 0) is 0 Å². The van der Waals surface area contributed by atoms with Crippen LogP contribution in [0.3, 0.4) is 0 Å². The summed E-state index contributed by atoms with van der Waals surface area (Å²) in [6.45, 7) is 0. The molecule has 0 spiro atoms. The monoisotopic (exact) mass is 668 g/mol. The Morgan fingerprint density at radius 3 is 1.41 bits per heavy atom. The average molecular weight is 669 g/mol. The topological polar surface area (TPSA) is 35.6 Å². The van der Waals surface area contributed by atoms with Gasteiger partial charge in [0.05, 0.1) is 22.1 Å². The molecule has 0 saturated heterocycles. The van der Waals surface area contributed by atoms with Crippen LogP contribution in [0.4, 0.5) is 0 Å². The third-order valence-corrected chi connectivity index (χ3v) is 14.9. The SMILES string of the molecule is c1ccc([Si](c2ccccc2)(c2ccc3c4ccccc4n(-c4ccccn4)c3c2)c2cccc(-n3c4ccccc4c4ccccc43)n2)cc1. The molecule has 0 aliphatic rings. The molecule has 4 heterocycles. The molecule has 0 fully saturated rings. The summed E-state index contributed by atoms with van der Waals surface area (Å²) in [7, 11) is -3.03. The summed E-state index contributed by atoms with van der Waals surface area (Å²) in [5, 5.41) is 9.77. The number of para-hydroxylation sites is 3. The Hall–Kier alpha value is -6.56. The van der Waals surface area contributed by atoms with Gasteiger partial charge in [0.1, 0.15) is 11.6 Å². The molecule has 4 aromatic heterocycles. The molecule has 0 saturated carbocycles. The first-order chi connectivity index (χ1) is 25.3. The quantitative estimate of drug-likeness (QED) is 0.133. The van der Waals surface area contributed by atoms with E-state index in [1.807, 2.05) is 12.3 Å². The molecule has 0 radical (unpaired) electrons. The van der Waals surface area contributed by atoms with Crippen molar-refractivity contribution in [2.24, 2.45) is 0 Å². The molecule has 6 aromatic carbocycles. The van der Waals surface area contributed by atoms with Crippen molar-refractivity contribution in [2.45, 2.75) is 0 Å². The second-order valence-electron chi connectivity index (χ2n) is 13.0. The molecule has 0 aliphatic heterocycles. The summed E-state index contributed by atoms with van der Waals surface area (Å²) in [6, 6.07) is 67.8. The highest BCUT2D eigenvalue weighted by molar-refractivity contribution is 7.19. The number of hydrogen-bond acceptors (Lipinski definition) is 2. The number of hydrogen-bond donors (Lipinski definition) is 0. The van der Waals surface area contributed by atoms with Gasteiger partial charge in [-0.25, -0.2) is 9.97 Å². The van der Waals surface area contributed by atoms with E-state index in [1.165, 1.54) is 37.1 Å². The Balaban J connectivity index is 1.32. The average Bonchev–Trinajstić information content (AvgIpc) is 3.72. The summed E-state index contributed by atoms with van der Waals surface area (Å²) in [5.74, 6) is 1.82. The fourth-order valence-corrected chi connectivity index (χ4v) is 12.8. The van der Waals surface area contributed by atoms with E-state index >= 15 is 0 Å². The number of pyridine rings is 2. The van der Waals surface area contributed by atoms with E-state index in [0.29, 0.717) is 0 Å². The molecule has 10 rings (SSSR count). The van der Waals surface area contributed by atoms with Crippen LogP contribution in [0.1, 0.15) is 0 Å². The number of aromatic nitrogens is 4.